The molecule has 9 heteroatoms. The maximum atomic E-state index is 12.6. The third-order valence-electron chi connectivity index (χ3n) is 3.69. The van der Waals surface area contributed by atoms with Crippen molar-refractivity contribution in [3.05, 3.63) is 29.8 Å². The molecule has 0 atom stereocenters. The van der Waals surface area contributed by atoms with E-state index in [0.717, 1.165) is 12.8 Å². The average Bonchev–Trinajstić information content (AvgIpc) is 2.97. The van der Waals surface area contributed by atoms with E-state index < -0.39 is 24.2 Å². The second-order valence-electron chi connectivity index (χ2n) is 5.42. The van der Waals surface area contributed by atoms with Gasteiger partial charge in [-0.3, -0.25) is 14.4 Å². The van der Waals surface area contributed by atoms with Gasteiger partial charge in [-0.2, -0.15) is 18.3 Å². The van der Waals surface area contributed by atoms with Gasteiger partial charge in [-0.15, -0.1) is 0 Å². The average molecular weight is 341 g/mol. The van der Waals surface area contributed by atoms with Crippen LogP contribution in [0.4, 0.5) is 18.9 Å². The maximum Gasteiger partial charge on any atom is 0.431 e. The number of amides is 2. The molecule has 1 aromatic rings. The first-order valence-electron chi connectivity index (χ1n) is 7.39. The van der Waals surface area contributed by atoms with Crippen LogP contribution in [0.5, 0.6) is 0 Å². The summed E-state index contributed by atoms with van der Waals surface area (Å²) in [5, 5.41) is 5.30. The number of carbonyl (C=O) groups excluding carboxylic acids is 2. The lowest BCUT2D eigenvalue weighted by atomic mass is 10.1. The fourth-order valence-electron chi connectivity index (χ4n) is 2.43. The quantitative estimate of drug-likeness (QED) is 0.830. The van der Waals surface area contributed by atoms with E-state index in [1.165, 1.54) is 29.3 Å². The van der Waals surface area contributed by atoms with Gasteiger partial charge in [0.1, 0.15) is 0 Å². The van der Waals surface area contributed by atoms with E-state index in [1.807, 2.05) is 0 Å². The monoisotopic (exact) mass is 341 g/mol. The standard InChI is InChI=1S/C15H14F3N3O3/c16-15(17,18)12-9-13(22)21(19-12)11-5-3-10(4-6-11)14(23)20-7-1-2-8-24-20/h3-6H,1-2,7-9H2. The topological polar surface area (TPSA) is 62.2 Å². The number of halogens is 3. The number of rotatable bonds is 2. The third-order valence-corrected chi connectivity index (χ3v) is 3.69. The molecule has 2 heterocycles. The molecule has 0 bridgehead atoms. The van der Waals surface area contributed by atoms with Crippen molar-refractivity contribution in [1.82, 2.24) is 5.06 Å². The smallest absolute Gasteiger partial charge is 0.272 e. The fraction of sp³-hybridized carbons (Fsp3) is 0.400. The van der Waals surface area contributed by atoms with Crippen LogP contribution < -0.4 is 5.01 Å². The molecule has 128 valence electrons. The van der Waals surface area contributed by atoms with Gasteiger partial charge in [0.15, 0.2) is 5.71 Å². The molecule has 0 unspecified atom stereocenters. The Hall–Kier alpha value is -2.42. The number of hydroxylamine groups is 2. The molecule has 1 fully saturated rings. The SMILES string of the molecule is O=C(c1ccc(N2N=C(C(F)(F)F)CC2=O)cc1)N1CCCCO1. The molecule has 24 heavy (non-hydrogen) atoms. The van der Waals surface area contributed by atoms with E-state index in [9.17, 15) is 22.8 Å². The first kappa shape index (κ1) is 16.4. The normalized spacial score (nSPS) is 18.8. The summed E-state index contributed by atoms with van der Waals surface area (Å²) >= 11 is 0. The highest BCUT2D eigenvalue weighted by Crippen LogP contribution is 2.28. The van der Waals surface area contributed by atoms with Gasteiger partial charge in [0.05, 0.1) is 18.7 Å². The number of nitrogens with zero attached hydrogens (tertiary/aromatic N) is 3. The molecule has 3 rings (SSSR count). The molecule has 0 spiro atoms. The Morgan fingerprint density at radius 2 is 1.88 bits per heavy atom. The summed E-state index contributed by atoms with van der Waals surface area (Å²) in [7, 11) is 0. The van der Waals surface area contributed by atoms with E-state index in [0.29, 0.717) is 23.7 Å². The van der Waals surface area contributed by atoms with Crippen LogP contribution in [-0.4, -0.2) is 41.9 Å². The Morgan fingerprint density at radius 3 is 2.42 bits per heavy atom. The van der Waals surface area contributed by atoms with Crippen molar-refractivity contribution in [3.8, 4) is 0 Å². The number of carbonyl (C=O) groups is 2. The van der Waals surface area contributed by atoms with Crippen LogP contribution in [0, 0.1) is 0 Å². The largest absolute Gasteiger partial charge is 0.431 e. The predicted octanol–water partition coefficient (Wildman–Crippen LogP) is 2.51. The van der Waals surface area contributed by atoms with E-state index in [4.69, 9.17) is 4.84 Å². The summed E-state index contributed by atoms with van der Waals surface area (Å²) in [5.74, 6) is -1.09. The summed E-state index contributed by atoms with van der Waals surface area (Å²) in [6, 6.07) is 5.64. The first-order chi connectivity index (χ1) is 11.4. The van der Waals surface area contributed by atoms with Crippen molar-refractivity contribution in [1.29, 1.82) is 0 Å². The van der Waals surface area contributed by atoms with Crippen molar-refractivity contribution in [2.75, 3.05) is 18.2 Å². The molecule has 6 nitrogen and oxygen atoms in total. The van der Waals surface area contributed by atoms with Gasteiger partial charge < -0.3 is 0 Å². The minimum atomic E-state index is -4.63. The number of anilines is 1. The Labute approximate surface area is 135 Å². The lowest BCUT2D eigenvalue weighted by molar-refractivity contribution is -0.144. The van der Waals surface area contributed by atoms with Crippen molar-refractivity contribution in [2.24, 2.45) is 5.10 Å². The molecule has 2 aliphatic heterocycles. The van der Waals surface area contributed by atoms with Gasteiger partial charge in [-0.05, 0) is 37.1 Å². The number of alkyl halides is 3. The summed E-state index contributed by atoms with van der Waals surface area (Å²) in [6.45, 7) is 0.964. The lowest BCUT2D eigenvalue weighted by Gasteiger charge is -2.25. The Kier molecular flexibility index (Phi) is 4.27. The highest BCUT2D eigenvalue weighted by Gasteiger charge is 2.42. The van der Waals surface area contributed by atoms with Crippen molar-refractivity contribution in [2.45, 2.75) is 25.4 Å². The van der Waals surface area contributed by atoms with Crippen molar-refractivity contribution < 1.29 is 27.6 Å². The zero-order chi connectivity index (χ0) is 17.3. The van der Waals surface area contributed by atoms with Crippen molar-refractivity contribution in [3.63, 3.8) is 0 Å². The zero-order valence-electron chi connectivity index (χ0n) is 12.5. The minimum Gasteiger partial charge on any atom is -0.272 e. The molecule has 0 N–H and O–H groups in total. The summed E-state index contributed by atoms with van der Waals surface area (Å²) in [5.41, 5.74) is -0.628. The Bertz CT molecular complexity index is 679. The molecule has 0 aliphatic carbocycles. The maximum absolute atomic E-state index is 12.6. The van der Waals surface area contributed by atoms with Gasteiger partial charge in [-0.25, -0.2) is 10.1 Å². The van der Waals surface area contributed by atoms with Crippen LogP contribution >= 0.6 is 0 Å². The summed E-state index contributed by atoms with van der Waals surface area (Å²) < 4.78 is 37.9. The molecule has 2 aliphatic rings. The lowest BCUT2D eigenvalue weighted by Crippen LogP contribution is -2.35. The zero-order valence-corrected chi connectivity index (χ0v) is 12.5. The van der Waals surface area contributed by atoms with Gasteiger partial charge in [0.2, 0.25) is 0 Å². The Morgan fingerprint density at radius 1 is 1.17 bits per heavy atom. The van der Waals surface area contributed by atoms with E-state index >= 15 is 0 Å². The molecule has 0 aromatic heterocycles. The highest BCUT2D eigenvalue weighted by molar-refractivity contribution is 6.14. The molecular weight excluding hydrogens is 327 g/mol. The van der Waals surface area contributed by atoms with Crippen molar-refractivity contribution >= 4 is 23.2 Å². The van der Waals surface area contributed by atoms with Gasteiger partial charge in [0.25, 0.3) is 11.8 Å². The molecule has 2 amide bonds. The fourth-order valence-corrected chi connectivity index (χ4v) is 2.43. The minimum absolute atomic E-state index is 0.176. The predicted molar refractivity (Wildman–Crippen MR) is 78.3 cm³/mol. The summed E-state index contributed by atoms with van der Waals surface area (Å²) in [6.07, 6.45) is -3.68. The summed E-state index contributed by atoms with van der Waals surface area (Å²) in [4.78, 5) is 29.2. The molecule has 0 radical (unpaired) electrons. The van der Waals surface area contributed by atoms with Gasteiger partial charge in [-0.1, -0.05) is 0 Å². The van der Waals surface area contributed by atoms with Crippen LogP contribution in [0.2, 0.25) is 0 Å². The highest BCUT2D eigenvalue weighted by atomic mass is 19.4. The second kappa shape index (κ2) is 6.23. The number of hydrogen-bond donors (Lipinski definition) is 0. The van der Waals surface area contributed by atoms with Crippen LogP contribution in [0.15, 0.2) is 29.4 Å². The van der Waals surface area contributed by atoms with Crippen LogP contribution in [0.3, 0.4) is 0 Å². The van der Waals surface area contributed by atoms with Crippen LogP contribution in [0.1, 0.15) is 29.6 Å². The number of hydrogen-bond acceptors (Lipinski definition) is 4. The first-order valence-corrected chi connectivity index (χ1v) is 7.39. The van der Waals surface area contributed by atoms with Gasteiger partial charge in [0, 0.05) is 12.1 Å². The Balaban J connectivity index is 1.76. The third kappa shape index (κ3) is 3.25. The number of benzene rings is 1. The van der Waals surface area contributed by atoms with Crippen LogP contribution in [0.25, 0.3) is 0 Å². The molecule has 0 saturated carbocycles. The molecule has 1 saturated heterocycles. The van der Waals surface area contributed by atoms with E-state index in [1.54, 1.807) is 0 Å². The molecule has 1 aromatic carbocycles. The number of hydrazone groups is 1. The van der Waals surface area contributed by atoms with Crippen LogP contribution in [-0.2, 0) is 9.63 Å². The second-order valence-corrected chi connectivity index (χ2v) is 5.42. The van der Waals surface area contributed by atoms with Gasteiger partial charge >= 0.3 is 6.18 Å². The van der Waals surface area contributed by atoms with E-state index in [-0.39, 0.29) is 11.6 Å². The van der Waals surface area contributed by atoms with E-state index in [2.05, 4.69) is 5.10 Å². The molecular formula is C15H14F3N3O3.